The molecule has 4 heterocycles. The summed E-state index contributed by atoms with van der Waals surface area (Å²) in [7, 11) is 0. The van der Waals surface area contributed by atoms with Gasteiger partial charge in [-0.1, -0.05) is 6.08 Å². The van der Waals surface area contributed by atoms with Crippen LogP contribution in [0.4, 0.5) is 24.7 Å². The maximum absolute atomic E-state index is 13.0. The first-order valence-electron chi connectivity index (χ1n) is 15.7. The van der Waals surface area contributed by atoms with Crippen LogP contribution in [-0.2, 0) is 22.5 Å². The molecule has 1 fully saturated rings. The SMILES string of the molecule is Cc1ccc(Oc2ccc(Nc3ncnc4sc5c(c34)CCN(C(=O)/C=C/CNC3CCC(OCC(F)(F)F)CC3)C5)cc2C)cn1. The molecular formula is C34H37F3N6O3S. The first-order chi connectivity index (χ1) is 22.6. The summed E-state index contributed by atoms with van der Waals surface area (Å²) in [6.07, 6.45) is 5.42. The van der Waals surface area contributed by atoms with Crippen molar-refractivity contribution >= 4 is 39.0 Å². The molecule has 1 amide bonds. The fourth-order valence-corrected chi connectivity index (χ4v) is 7.18. The number of benzene rings is 1. The van der Waals surface area contributed by atoms with Gasteiger partial charge in [0, 0.05) is 41.5 Å². The van der Waals surface area contributed by atoms with Crippen LogP contribution in [0.3, 0.4) is 0 Å². The third kappa shape index (κ3) is 8.45. The molecule has 9 nitrogen and oxygen atoms in total. The number of rotatable bonds is 10. The lowest BCUT2D eigenvalue weighted by Gasteiger charge is -2.29. The van der Waals surface area contributed by atoms with Crippen molar-refractivity contribution in [1.29, 1.82) is 0 Å². The van der Waals surface area contributed by atoms with Crippen LogP contribution in [0.1, 0.15) is 47.4 Å². The molecule has 0 unspecified atom stereocenters. The second kappa shape index (κ2) is 14.4. The molecular weight excluding hydrogens is 629 g/mol. The average Bonchev–Trinajstić information content (AvgIpc) is 3.43. The van der Waals surface area contributed by atoms with Gasteiger partial charge >= 0.3 is 6.18 Å². The number of amides is 1. The van der Waals surface area contributed by atoms with E-state index in [2.05, 4.69) is 25.6 Å². The van der Waals surface area contributed by atoms with Gasteiger partial charge in [-0.05, 0) is 87.4 Å². The normalized spacial score (nSPS) is 18.4. The Hall–Kier alpha value is -4.07. The van der Waals surface area contributed by atoms with E-state index in [1.807, 2.05) is 55.2 Å². The number of hydrogen-bond donors (Lipinski definition) is 2. The molecule has 1 aromatic carbocycles. The molecule has 3 aromatic heterocycles. The van der Waals surface area contributed by atoms with Crippen molar-refractivity contribution < 1.29 is 27.4 Å². The number of carbonyl (C=O) groups excluding carboxylic acids is 1. The number of pyridine rings is 1. The van der Waals surface area contributed by atoms with Crippen LogP contribution in [-0.4, -0.2) is 63.8 Å². The minimum atomic E-state index is -4.29. The molecule has 1 aliphatic carbocycles. The highest BCUT2D eigenvalue weighted by Gasteiger charge is 2.31. The van der Waals surface area contributed by atoms with E-state index in [1.54, 1.807) is 29.9 Å². The van der Waals surface area contributed by atoms with Gasteiger partial charge in [-0.15, -0.1) is 11.3 Å². The van der Waals surface area contributed by atoms with E-state index in [4.69, 9.17) is 9.47 Å². The van der Waals surface area contributed by atoms with Gasteiger partial charge < -0.3 is 25.0 Å². The van der Waals surface area contributed by atoms with Crippen LogP contribution >= 0.6 is 11.3 Å². The predicted octanol–water partition coefficient (Wildman–Crippen LogP) is 7.16. The first-order valence-corrected chi connectivity index (χ1v) is 16.5. The molecule has 1 saturated carbocycles. The van der Waals surface area contributed by atoms with E-state index in [0.717, 1.165) is 56.4 Å². The summed E-state index contributed by atoms with van der Waals surface area (Å²) in [5.74, 6) is 2.10. The number of thiophene rings is 1. The van der Waals surface area contributed by atoms with Crippen LogP contribution in [0.2, 0.25) is 0 Å². The van der Waals surface area contributed by atoms with Crippen LogP contribution in [0.25, 0.3) is 10.2 Å². The minimum absolute atomic E-state index is 0.0530. The Bertz CT molecular complexity index is 1740. The Morgan fingerprint density at radius 2 is 1.94 bits per heavy atom. The summed E-state index contributed by atoms with van der Waals surface area (Å²) < 4.78 is 48.2. The second-order valence-electron chi connectivity index (χ2n) is 12.0. The number of nitrogens with zero attached hydrogens (tertiary/aromatic N) is 4. The zero-order valence-electron chi connectivity index (χ0n) is 26.3. The highest BCUT2D eigenvalue weighted by Crippen LogP contribution is 2.38. The standard InChI is InChI=1S/C34H37F3N6O3S/c1-21-16-24(8-12-28(21)46-26-9-5-22(2)39-17-26)42-32-31-27-13-15-43(18-29(27)47-33(31)41-20-40-32)30(44)4-3-14-38-23-6-10-25(11-7-23)45-19-34(35,36)37/h3-5,8-9,12,16-17,20,23,25,38H,6-7,10-11,13-15,18-19H2,1-2H3,(H,40,41,42)/b4-3+. The van der Waals surface area contributed by atoms with Crippen LogP contribution in [0.5, 0.6) is 11.5 Å². The number of hydrogen-bond acceptors (Lipinski definition) is 9. The van der Waals surface area contributed by atoms with E-state index < -0.39 is 12.8 Å². The van der Waals surface area contributed by atoms with E-state index >= 15 is 0 Å². The van der Waals surface area contributed by atoms with Gasteiger partial charge in [0.25, 0.3) is 0 Å². The molecule has 6 rings (SSSR count). The van der Waals surface area contributed by atoms with Crippen molar-refractivity contribution in [2.75, 3.05) is 25.0 Å². The van der Waals surface area contributed by atoms with Crippen LogP contribution < -0.4 is 15.4 Å². The van der Waals surface area contributed by atoms with Gasteiger partial charge in [0.15, 0.2) is 0 Å². The molecule has 0 radical (unpaired) electrons. The second-order valence-corrected chi connectivity index (χ2v) is 13.1. The lowest BCUT2D eigenvalue weighted by atomic mass is 9.93. The third-order valence-electron chi connectivity index (χ3n) is 8.44. The summed E-state index contributed by atoms with van der Waals surface area (Å²) in [5, 5.41) is 7.84. The van der Waals surface area contributed by atoms with Gasteiger partial charge in [0.2, 0.25) is 5.91 Å². The number of halogens is 3. The highest BCUT2D eigenvalue weighted by atomic mass is 32.1. The van der Waals surface area contributed by atoms with Crippen molar-refractivity contribution in [1.82, 2.24) is 25.2 Å². The Morgan fingerprint density at radius 3 is 2.68 bits per heavy atom. The molecule has 2 aliphatic rings. The Balaban J connectivity index is 1.03. The summed E-state index contributed by atoms with van der Waals surface area (Å²) in [6.45, 7) is 4.35. The van der Waals surface area contributed by atoms with Crippen LogP contribution in [0, 0.1) is 13.8 Å². The zero-order chi connectivity index (χ0) is 33.0. The lowest BCUT2D eigenvalue weighted by Crippen LogP contribution is -2.37. The van der Waals surface area contributed by atoms with Crippen molar-refractivity contribution in [2.24, 2.45) is 0 Å². The van der Waals surface area contributed by atoms with E-state index in [1.165, 1.54) is 5.56 Å². The number of nitrogens with one attached hydrogen (secondary N) is 2. The maximum atomic E-state index is 13.0. The number of alkyl halides is 3. The summed E-state index contributed by atoms with van der Waals surface area (Å²) in [5.41, 5.74) is 3.94. The van der Waals surface area contributed by atoms with E-state index in [-0.39, 0.29) is 18.1 Å². The largest absolute Gasteiger partial charge is 0.455 e. The lowest BCUT2D eigenvalue weighted by molar-refractivity contribution is -0.188. The molecule has 2 N–H and O–H groups in total. The van der Waals surface area contributed by atoms with Crippen molar-refractivity contribution in [3.05, 3.63) is 76.7 Å². The number of anilines is 2. The molecule has 47 heavy (non-hydrogen) atoms. The maximum Gasteiger partial charge on any atom is 0.411 e. The summed E-state index contributed by atoms with van der Waals surface area (Å²) in [6, 6.07) is 9.91. The number of aromatic nitrogens is 3. The molecule has 0 atom stereocenters. The van der Waals surface area contributed by atoms with Gasteiger partial charge in [-0.3, -0.25) is 9.78 Å². The van der Waals surface area contributed by atoms with Crippen LogP contribution in [0.15, 0.2) is 55.0 Å². The van der Waals surface area contributed by atoms with Gasteiger partial charge in [0.05, 0.1) is 24.2 Å². The number of carbonyl (C=O) groups is 1. The Labute approximate surface area is 275 Å². The van der Waals surface area contributed by atoms with Gasteiger partial charge in [-0.25, -0.2) is 9.97 Å². The smallest absolute Gasteiger partial charge is 0.411 e. The van der Waals surface area contributed by atoms with E-state index in [9.17, 15) is 18.0 Å². The van der Waals surface area contributed by atoms with Crippen molar-refractivity contribution in [3.63, 3.8) is 0 Å². The van der Waals surface area contributed by atoms with Gasteiger partial charge in [0.1, 0.15) is 35.1 Å². The fraction of sp³-hybridized carbons (Fsp3) is 0.412. The quantitative estimate of drug-likeness (QED) is 0.172. The molecule has 0 saturated heterocycles. The fourth-order valence-electron chi connectivity index (χ4n) is 5.98. The topological polar surface area (TPSA) is 102 Å². The third-order valence-corrected chi connectivity index (χ3v) is 9.56. The van der Waals surface area contributed by atoms with Crippen molar-refractivity contribution in [2.45, 2.75) is 70.8 Å². The summed E-state index contributed by atoms with van der Waals surface area (Å²) >= 11 is 1.59. The van der Waals surface area contributed by atoms with E-state index in [0.29, 0.717) is 44.6 Å². The highest BCUT2D eigenvalue weighted by molar-refractivity contribution is 7.19. The number of aryl methyl sites for hydroxylation is 2. The zero-order valence-corrected chi connectivity index (χ0v) is 27.1. The Morgan fingerprint density at radius 1 is 1.11 bits per heavy atom. The molecule has 0 spiro atoms. The monoisotopic (exact) mass is 666 g/mol. The molecule has 0 bridgehead atoms. The van der Waals surface area contributed by atoms with Gasteiger partial charge in [-0.2, -0.15) is 13.2 Å². The molecule has 4 aromatic rings. The summed E-state index contributed by atoms with van der Waals surface area (Å²) in [4.78, 5) is 30.2. The molecule has 248 valence electrons. The number of fused-ring (bicyclic) bond motifs is 3. The number of ether oxygens (including phenoxy) is 2. The average molecular weight is 667 g/mol. The first kappa shape index (κ1) is 32.9. The Kier molecular flexibility index (Phi) is 10.0. The van der Waals surface area contributed by atoms with Crippen molar-refractivity contribution in [3.8, 4) is 11.5 Å². The minimum Gasteiger partial charge on any atom is -0.455 e. The molecule has 13 heteroatoms. The predicted molar refractivity (Wildman–Crippen MR) is 175 cm³/mol. The molecule has 1 aliphatic heterocycles.